The lowest BCUT2D eigenvalue weighted by Crippen LogP contribution is -2.48. The summed E-state index contributed by atoms with van der Waals surface area (Å²) in [5.41, 5.74) is 5.68. The monoisotopic (exact) mass is 448 g/mol. The molecule has 0 spiro atoms. The van der Waals surface area contributed by atoms with E-state index in [1.54, 1.807) is 0 Å². The lowest BCUT2D eigenvalue weighted by atomic mass is 9.98. The van der Waals surface area contributed by atoms with Crippen LogP contribution in [0.3, 0.4) is 0 Å². The Morgan fingerprint density at radius 2 is 1.70 bits per heavy atom. The molecule has 0 saturated carbocycles. The number of amides is 2. The molecule has 0 bridgehead atoms. The van der Waals surface area contributed by atoms with Crippen molar-refractivity contribution in [3.05, 3.63) is 71.3 Å². The summed E-state index contributed by atoms with van der Waals surface area (Å²) in [6.45, 7) is 0.503. The number of hydrogen-bond donors (Lipinski definition) is 3. The number of carbonyl (C=O) groups excluding carboxylic acids is 2. The number of aliphatic carboxylic acids is 1. The Morgan fingerprint density at radius 3 is 2.30 bits per heavy atom. The second-order valence-electron chi connectivity index (χ2n) is 8.42. The average Bonchev–Trinajstić information content (AvgIpc) is 3.43. The van der Waals surface area contributed by atoms with Crippen LogP contribution in [0.25, 0.3) is 11.1 Å². The highest BCUT2D eigenvalue weighted by atomic mass is 16.5. The van der Waals surface area contributed by atoms with Gasteiger partial charge in [0, 0.05) is 12.5 Å². The Labute approximate surface area is 192 Å². The van der Waals surface area contributed by atoms with E-state index in [-0.39, 0.29) is 12.5 Å². The summed E-state index contributed by atoms with van der Waals surface area (Å²) >= 11 is 0. The van der Waals surface area contributed by atoms with Crippen LogP contribution in [0.15, 0.2) is 60.2 Å². The minimum Gasteiger partial charge on any atom is -0.481 e. The van der Waals surface area contributed by atoms with Crippen molar-refractivity contribution in [1.29, 1.82) is 0 Å². The summed E-state index contributed by atoms with van der Waals surface area (Å²) < 4.78 is 5.46. The minimum absolute atomic E-state index is 0.0927. The lowest BCUT2D eigenvalue weighted by Gasteiger charge is -2.19. The molecular formula is C26H28N2O5. The van der Waals surface area contributed by atoms with Crippen molar-refractivity contribution < 1.29 is 24.2 Å². The van der Waals surface area contributed by atoms with Gasteiger partial charge in [0.25, 0.3) is 0 Å². The van der Waals surface area contributed by atoms with E-state index in [1.807, 2.05) is 48.5 Å². The maximum Gasteiger partial charge on any atom is 0.407 e. The Kier molecular flexibility index (Phi) is 7.07. The maximum absolute atomic E-state index is 12.5. The number of hydrogen-bond acceptors (Lipinski definition) is 4. The molecule has 7 nitrogen and oxygen atoms in total. The number of benzene rings is 2. The van der Waals surface area contributed by atoms with Gasteiger partial charge in [0.15, 0.2) is 0 Å². The normalized spacial score (nSPS) is 15.2. The molecule has 7 heteroatoms. The summed E-state index contributed by atoms with van der Waals surface area (Å²) in [5.74, 6) is -1.81. The lowest BCUT2D eigenvalue weighted by molar-refractivity contribution is -0.139. The van der Waals surface area contributed by atoms with E-state index in [2.05, 4.69) is 16.7 Å². The molecule has 2 aromatic rings. The molecule has 1 unspecified atom stereocenters. The first-order chi connectivity index (χ1) is 16.0. The largest absolute Gasteiger partial charge is 0.481 e. The molecule has 0 saturated heterocycles. The molecule has 2 aliphatic rings. The van der Waals surface area contributed by atoms with Gasteiger partial charge in [0.2, 0.25) is 5.91 Å². The molecule has 0 fully saturated rings. The molecule has 2 aliphatic carbocycles. The van der Waals surface area contributed by atoms with Crippen molar-refractivity contribution >= 4 is 18.0 Å². The van der Waals surface area contributed by atoms with Gasteiger partial charge in [0.1, 0.15) is 12.6 Å². The Morgan fingerprint density at radius 1 is 1.03 bits per heavy atom. The third-order valence-corrected chi connectivity index (χ3v) is 6.21. The Hall–Kier alpha value is -3.61. The number of carboxylic acid groups (broad SMARTS) is 1. The summed E-state index contributed by atoms with van der Waals surface area (Å²) in [5, 5.41) is 14.3. The van der Waals surface area contributed by atoms with Gasteiger partial charge in [-0.3, -0.25) is 9.59 Å². The van der Waals surface area contributed by atoms with Crippen LogP contribution in [0.1, 0.15) is 49.1 Å². The first-order valence-electron chi connectivity index (χ1n) is 11.3. The van der Waals surface area contributed by atoms with E-state index >= 15 is 0 Å². The minimum atomic E-state index is -1.20. The van der Waals surface area contributed by atoms with Gasteiger partial charge < -0.3 is 20.5 Å². The van der Waals surface area contributed by atoms with E-state index in [9.17, 15) is 19.5 Å². The number of carbonyl (C=O) groups is 3. The fourth-order valence-electron chi connectivity index (χ4n) is 4.60. The second-order valence-corrected chi connectivity index (χ2v) is 8.42. The second kappa shape index (κ2) is 10.3. The topological polar surface area (TPSA) is 105 Å². The van der Waals surface area contributed by atoms with Crippen LogP contribution in [-0.2, 0) is 14.3 Å². The number of fused-ring (bicyclic) bond motifs is 3. The van der Waals surface area contributed by atoms with E-state index < -0.39 is 30.4 Å². The van der Waals surface area contributed by atoms with Gasteiger partial charge in [0.05, 0.1) is 6.42 Å². The predicted molar refractivity (Wildman–Crippen MR) is 124 cm³/mol. The van der Waals surface area contributed by atoms with Crippen LogP contribution in [0.2, 0.25) is 0 Å². The predicted octanol–water partition coefficient (Wildman–Crippen LogP) is 3.99. The Bertz CT molecular complexity index is 1030. The summed E-state index contributed by atoms with van der Waals surface area (Å²) in [4.78, 5) is 36.2. The molecule has 0 aromatic heterocycles. The quantitative estimate of drug-likeness (QED) is 0.503. The highest BCUT2D eigenvalue weighted by molar-refractivity contribution is 5.89. The fourth-order valence-corrected chi connectivity index (χ4v) is 4.60. The van der Waals surface area contributed by atoms with Crippen LogP contribution in [0.5, 0.6) is 0 Å². The van der Waals surface area contributed by atoms with Crippen molar-refractivity contribution in [2.45, 2.75) is 44.1 Å². The van der Waals surface area contributed by atoms with Crippen LogP contribution in [-0.4, -0.2) is 42.3 Å². The maximum atomic E-state index is 12.5. The standard InChI is InChI=1S/C26H28N2O5/c29-24(30)15-23(25(31)27-14-13-17-7-1-2-8-17)28-26(32)33-16-22-20-11-5-3-9-18(20)19-10-4-6-12-21(19)22/h3-7,9-12,22-23H,1-2,8,13-16H2,(H,27,31)(H,28,32)(H,29,30). The summed E-state index contributed by atoms with van der Waals surface area (Å²) in [6.07, 6.45) is 4.82. The molecule has 0 aliphatic heterocycles. The van der Waals surface area contributed by atoms with E-state index in [0.717, 1.165) is 47.9 Å². The van der Waals surface area contributed by atoms with E-state index in [1.165, 1.54) is 5.57 Å². The number of rotatable bonds is 9. The molecule has 0 heterocycles. The molecule has 2 aromatic carbocycles. The van der Waals surface area contributed by atoms with Crippen molar-refractivity contribution in [2.75, 3.05) is 13.2 Å². The van der Waals surface area contributed by atoms with Crippen molar-refractivity contribution in [3.63, 3.8) is 0 Å². The van der Waals surface area contributed by atoms with Gasteiger partial charge in [-0.05, 0) is 47.9 Å². The third-order valence-electron chi connectivity index (χ3n) is 6.21. The van der Waals surface area contributed by atoms with Crippen molar-refractivity contribution in [3.8, 4) is 11.1 Å². The number of alkyl carbamates (subject to hydrolysis) is 1. The zero-order chi connectivity index (χ0) is 23.2. The molecule has 2 amide bonds. The van der Waals surface area contributed by atoms with Crippen molar-refractivity contribution in [1.82, 2.24) is 10.6 Å². The van der Waals surface area contributed by atoms with Crippen LogP contribution in [0, 0.1) is 0 Å². The fraction of sp³-hybridized carbons (Fsp3) is 0.346. The molecule has 4 rings (SSSR count). The van der Waals surface area contributed by atoms with Crippen LogP contribution in [0.4, 0.5) is 4.79 Å². The first kappa shape index (κ1) is 22.6. The van der Waals surface area contributed by atoms with Gasteiger partial charge in [-0.25, -0.2) is 4.79 Å². The van der Waals surface area contributed by atoms with E-state index in [0.29, 0.717) is 6.54 Å². The average molecular weight is 449 g/mol. The smallest absolute Gasteiger partial charge is 0.407 e. The zero-order valence-corrected chi connectivity index (χ0v) is 18.4. The molecule has 0 radical (unpaired) electrons. The number of nitrogens with one attached hydrogen (secondary N) is 2. The molecule has 33 heavy (non-hydrogen) atoms. The highest BCUT2D eigenvalue weighted by Gasteiger charge is 2.30. The van der Waals surface area contributed by atoms with Gasteiger partial charge in [-0.2, -0.15) is 0 Å². The number of ether oxygens (including phenoxy) is 1. The molecule has 3 N–H and O–H groups in total. The van der Waals surface area contributed by atoms with E-state index in [4.69, 9.17) is 4.74 Å². The summed E-state index contributed by atoms with van der Waals surface area (Å²) in [7, 11) is 0. The third kappa shape index (κ3) is 5.42. The number of carboxylic acids is 1. The SMILES string of the molecule is O=C(O)CC(NC(=O)OCC1c2ccccc2-c2ccccc21)C(=O)NCCC1=CCCC1. The highest BCUT2D eigenvalue weighted by Crippen LogP contribution is 2.44. The number of allylic oxidation sites excluding steroid dienone is 1. The van der Waals surface area contributed by atoms with Gasteiger partial charge >= 0.3 is 12.1 Å². The summed E-state index contributed by atoms with van der Waals surface area (Å²) in [6, 6.07) is 14.8. The van der Waals surface area contributed by atoms with Crippen molar-refractivity contribution in [2.24, 2.45) is 0 Å². The van der Waals surface area contributed by atoms with Crippen LogP contribution < -0.4 is 10.6 Å². The van der Waals surface area contributed by atoms with Gasteiger partial charge in [-0.15, -0.1) is 0 Å². The zero-order valence-electron chi connectivity index (χ0n) is 18.4. The first-order valence-corrected chi connectivity index (χ1v) is 11.3. The molecule has 172 valence electrons. The molecule has 1 atom stereocenters. The van der Waals surface area contributed by atoms with Crippen LogP contribution >= 0.6 is 0 Å². The Balaban J connectivity index is 1.34. The molecular weight excluding hydrogens is 420 g/mol. The van der Waals surface area contributed by atoms with Gasteiger partial charge in [-0.1, -0.05) is 60.2 Å².